The molecule has 2 aromatic rings. The predicted octanol–water partition coefficient (Wildman–Crippen LogP) is 3.78. The minimum absolute atomic E-state index is 0.357. The highest BCUT2D eigenvalue weighted by Crippen LogP contribution is 2.45. The zero-order valence-electron chi connectivity index (χ0n) is 11.0. The number of ether oxygens (including phenoxy) is 1. The molecule has 98 valence electrons. The van der Waals surface area contributed by atoms with Gasteiger partial charge in [0.15, 0.2) is 5.69 Å². The number of thiazole rings is 1. The van der Waals surface area contributed by atoms with Crippen LogP contribution in [0.2, 0.25) is 0 Å². The van der Waals surface area contributed by atoms with Crippen molar-refractivity contribution >= 4 is 17.3 Å². The van der Waals surface area contributed by atoms with Gasteiger partial charge in [0, 0.05) is 0 Å². The Morgan fingerprint density at radius 3 is 2.79 bits per heavy atom. The predicted molar refractivity (Wildman–Crippen MR) is 75.6 cm³/mol. The highest BCUT2D eigenvalue weighted by atomic mass is 32.1. The second kappa shape index (κ2) is 4.78. The summed E-state index contributed by atoms with van der Waals surface area (Å²) in [5.74, 6) is 0.286. The molecule has 0 aliphatic heterocycles. The molecule has 0 amide bonds. The van der Waals surface area contributed by atoms with Crippen molar-refractivity contribution in [2.24, 2.45) is 0 Å². The van der Waals surface area contributed by atoms with Gasteiger partial charge in [0.25, 0.3) is 0 Å². The molecular weight excluding hydrogens is 258 g/mol. The fourth-order valence-corrected chi connectivity index (χ4v) is 3.25. The molecule has 0 N–H and O–H groups in total. The van der Waals surface area contributed by atoms with Crippen LogP contribution in [0.5, 0.6) is 0 Å². The van der Waals surface area contributed by atoms with Crippen molar-refractivity contribution in [2.45, 2.75) is 25.7 Å². The van der Waals surface area contributed by atoms with Crippen LogP contribution in [-0.4, -0.2) is 18.1 Å². The maximum Gasteiger partial charge on any atom is 0.358 e. The number of methoxy groups -OCH3 is 1. The number of esters is 1. The van der Waals surface area contributed by atoms with Crippen LogP contribution >= 0.6 is 11.3 Å². The molecule has 0 saturated heterocycles. The van der Waals surface area contributed by atoms with E-state index in [2.05, 4.69) is 23.2 Å². The summed E-state index contributed by atoms with van der Waals surface area (Å²) in [5.41, 5.74) is 2.91. The normalized spacial score (nSPS) is 14.4. The van der Waals surface area contributed by atoms with Crippen LogP contribution in [0.4, 0.5) is 0 Å². The zero-order valence-corrected chi connectivity index (χ0v) is 11.8. The van der Waals surface area contributed by atoms with Gasteiger partial charge >= 0.3 is 5.97 Å². The fourth-order valence-electron chi connectivity index (χ4n) is 2.30. The largest absolute Gasteiger partial charge is 0.464 e. The third-order valence-corrected chi connectivity index (χ3v) is 4.34. The second-order valence-corrected chi connectivity index (χ2v) is 5.97. The van der Waals surface area contributed by atoms with Gasteiger partial charge in [-0.3, -0.25) is 0 Å². The Balaban J connectivity index is 2.14. The number of aryl methyl sites for hydroxylation is 1. The fraction of sp³-hybridized carbons (Fsp3) is 0.333. The van der Waals surface area contributed by atoms with Crippen LogP contribution < -0.4 is 0 Å². The molecule has 0 atom stereocenters. The van der Waals surface area contributed by atoms with Gasteiger partial charge in [-0.25, -0.2) is 9.78 Å². The molecule has 0 unspecified atom stereocenters. The smallest absolute Gasteiger partial charge is 0.358 e. The third-order valence-electron chi connectivity index (χ3n) is 3.34. The summed E-state index contributed by atoms with van der Waals surface area (Å²) in [6.07, 6.45) is 2.48. The van der Waals surface area contributed by atoms with Crippen LogP contribution in [0, 0.1) is 6.92 Å². The molecule has 19 heavy (non-hydrogen) atoms. The van der Waals surface area contributed by atoms with Crippen molar-refractivity contribution in [3.8, 4) is 10.4 Å². The first-order valence-electron chi connectivity index (χ1n) is 6.35. The molecule has 3 rings (SSSR count). The molecule has 0 spiro atoms. The number of nitrogens with zero attached hydrogens (tertiary/aromatic N) is 1. The number of rotatable bonds is 3. The first-order valence-corrected chi connectivity index (χ1v) is 7.17. The van der Waals surface area contributed by atoms with E-state index in [4.69, 9.17) is 4.74 Å². The number of hydrogen-bond donors (Lipinski definition) is 0. The van der Waals surface area contributed by atoms with Crippen LogP contribution in [0.15, 0.2) is 24.3 Å². The summed E-state index contributed by atoms with van der Waals surface area (Å²) in [6, 6.07) is 8.30. The molecular formula is C15H15NO2S. The van der Waals surface area contributed by atoms with Crippen molar-refractivity contribution < 1.29 is 9.53 Å². The van der Waals surface area contributed by atoms with Gasteiger partial charge in [0.1, 0.15) is 0 Å². The van der Waals surface area contributed by atoms with Crippen molar-refractivity contribution in [3.05, 3.63) is 40.5 Å². The molecule has 1 saturated carbocycles. The molecule has 3 nitrogen and oxygen atoms in total. The van der Waals surface area contributed by atoms with E-state index >= 15 is 0 Å². The topological polar surface area (TPSA) is 39.2 Å². The molecule has 1 aliphatic rings. The molecule has 1 fully saturated rings. The summed E-state index contributed by atoms with van der Waals surface area (Å²) in [4.78, 5) is 17.1. The Hall–Kier alpha value is -1.68. The summed E-state index contributed by atoms with van der Waals surface area (Å²) in [6.45, 7) is 1.92. The van der Waals surface area contributed by atoms with Crippen LogP contribution in [0.1, 0.15) is 39.8 Å². The number of hydrogen-bond acceptors (Lipinski definition) is 4. The lowest BCUT2D eigenvalue weighted by Gasteiger charge is -2.07. The summed E-state index contributed by atoms with van der Waals surface area (Å²) in [7, 11) is 1.40. The monoisotopic (exact) mass is 273 g/mol. The first kappa shape index (κ1) is 12.4. The van der Waals surface area contributed by atoms with Crippen molar-refractivity contribution in [1.82, 2.24) is 4.98 Å². The van der Waals surface area contributed by atoms with E-state index in [1.807, 2.05) is 13.0 Å². The number of benzene rings is 1. The van der Waals surface area contributed by atoms with E-state index in [1.165, 1.54) is 25.5 Å². The minimum Gasteiger partial charge on any atom is -0.464 e. The third kappa shape index (κ3) is 2.28. The van der Waals surface area contributed by atoms with E-state index < -0.39 is 0 Å². The molecule has 1 aliphatic carbocycles. The average Bonchev–Trinajstić information content (AvgIpc) is 3.20. The summed E-state index contributed by atoms with van der Waals surface area (Å²) in [5, 5.41) is 0.890. The quantitative estimate of drug-likeness (QED) is 0.799. The van der Waals surface area contributed by atoms with Crippen LogP contribution in [0.25, 0.3) is 10.4 Å². The number of aromatic nitrogens is 1. The highest BCUT2D eigenvalue weighted by molar-refractivity contribution is 7.15. The van der Waals surface area contributed by atoms with E-state index in [0.29, 0.717) is 11.6 Å². The van der Waals surface area contributed by atoms with Gasteiger partial charge in [-0.1, -0.05) is 24.3 Å². The van der Waals surface area contributed by atoms with Gasteiger partial charge in [-0.2, -0.15) is 0 Å². The van der Waals surface area contributed by atoms with Gasteiger partial charge in [0.2, 0.25) is 0 Å². The highest BCUT2D eigenvalue weighted by Gasteiger charge is 2.28. The number of carbonyl (C=O) groups is 1. The standard InChI is InChI=1S/C15H15NO2S/c1-9-16-13(15(17)18-2)14(19-9)12-6-4-3-5-11(12)10-7-8-10/h3-6,10H,7-8H2,1-2H3. The first-order chi connectivity index (χ1) is 9.20. The molecule has 1 aromatic heterocycles. The summed E-state index contributed by atoms with van der Waals surface area (Å²) < 4.78 is 4.83. The molecule has 0 bridgehead atoms. The lowest BCUT2D eigenvalue weighted by atomic mass is 10.0. The van der Waals surface area contributed by atoms with E-state index in [9.17, 15) is 4.79 Å². The number of carbonyl (C=O) groups excluding carboxylic acids is 1. The Labute approximate surface area is 116 Å². The van der Waals surface area contributed by atoms with Gasteiger partial charge in [-0.05, 0) is 36.8 Å². The Morgan fingerprint density at radius 1 is 1.37 bits per heavy atom. The van der Waals surface area contributed by atoms with Crippen molar-refractivity contribution in [2.75, 3.05) is 7.11 Å². The maximum atomic E-state index is 11.8. The lowest BCUT2D eigenvalue weighted by molar-refractivity contribution is 0.0595. The van der Waals surface area contributed by atoms with Crippen molar-refractivity contribution in [1.29, 1.82) is 0 Å². The molecule has 1 aromatic carbocycles. The molecule has 0 radical (unpaired) electrons. The average molecular weight is 273 g/mol. The van der Waals surface area contributed by atoms with Crippen LogP contribution in [-0.2, 0) is 4.74 Å². The van der Waals surface area contributed by atoms with Crippen LogP contribution in [0.3, 0.4) is 0 Å². The second-order valence-electron chi connectivity index (χ2n) is 4.76. The molecule has 1 heterocycles. The van der Waals surface area contributed by atoms with Crippen molar-refractivity contribution in [3.63, 3.8) is 0 Å². The zero-order chi connectivity index (χ0) is 13.4. The van der Waals surface area contributed by atoms with E-state index in [-0.39, 0.29) is 5.97 Å². The van der Waals surface area contributed by atoms with E-state index in [0.717, 1.165) is 15.4 Å². The SMILES string of the molecule is COC(=O)c1nc(C)sc1-c1ccccc1C1CC1. The Bertz CT molecular complexity index is 629. The Kier molecular flexibility index (Phi) is 3.11. The van der Waals surface area contributed by atoms with Gasteiger partial charge < -0.3 is 4.74 Å². The maximum absolute atomic E-state index is 11.8. The summed E-state index contributed by atoms with van der Waals surface area (Å²) >= 11 is 1.56. The minimum atomic E-state index is -0.357. The molecule has 4 heteroatoms. The van der Waals surface area contributed by atoms with Gasteiger partial charge in [0.05, 0.1) is 17.0 Å². The Morgan fingerprint density at radius 2 is 2.11 bits per heavy atom. The lowest BCUT2D eigenvalue weighted by Crippen LogP contribution is -2.03. The van der Waals surface area contributed by atoms with Gasteiger partial charge in [-0.15, -0.1) is 11.3 Å². The van der Waals surface area contributed by atoms with E-state index in [1.54, 1.807) is 11.3 Å².